The van der Waals surface area contributed by atoms with Crippen LogP contribution in [0.25, 0.3) is 0 Å². The Kier molecular flexibility index (Phi) is 3.99. The molecule has 0 aromatic carbocycles. The van der Waals surface area contributed by atoms with E-state index < -0.39 is 0 Å². The van der Waals surface area contributed by atoms with E-state index in [4.69, 9.17) is 0 Å². The van der Waals surface area contributed by atoms with Crippen molar-refractivity contribution in [2.24, 2.45) is 5.92 Å². The summed E-state index contributed by atoms with van der Waals surface area (Å²) in [5.41, 5.74) is 1.22. The van der Waals surface area contributed by atoms with Crippen molar-refractivity contribution in [3.8, 4) is 0 Å². The first kappa shape index (κ1) is 11.6. The number of rotatable bonds is 4. The molecule has 2 rings (SSSR count). The predicted molar refractivity (Wildman–Crippen MR) is 66.3 cm³/mol. The molecule has 1 aliphatic carbocycles. The molecule has 2 atom stereocenters. The van der Waals surface area contributed by atoms with Crippen LogP contribution in [0.2, 0.25) is 0 Å². The van der Waals surface area contributed by atoms with Crippen LogP contribution in [0.5, 0.6) is 0 Å². The van der Waals surface area contributed by atoms with E-state index in [0.717, 1.165) is 19.0 Å². The van der Waals surface area contributed by atoms with Crippen LogP contribution in [0.1, 0.15) is 57.0 Å². The van der Waals surface area contributed by atoms with Gasteiger partial charge in [0.2, 0.25) is 0 Å². The molecule has 2 unspecified atom stereocenters. The van der Waals surface area contributed by atoms with E-state index >= 15 is 0 Å². The zero-order chi connectivity index (χ0) is 11.4. The zero-order valence-corrected chi connectivity index (χ0v) is 10.4. The van der Waals surface area contributed by atoms with Gasteiger partial charge in [0.15, 0.2) is 0 Å². The van der Waals surface area contributed by atoms with Gasteiger partial charge in [-0.05, 0) is 25.3 Å². The second-order valence-electron chi connectivity index (χ2n) is 5.04. The van der Waals surface area contributed by atoms with Gasteiger partial charge in [0, 0.05) is 24.4 Å². The monoisotopic (exact) mass is 221 g/mol. The fraction of sp³-hybridized carbons (Fsp3) is 0.769. The van der Waals surface area contributed by atoms with Crippen LogP contribution in [-0.4, -0.2) is 16.5 Å². The summed E-state index contributed by atoms with van der Waals surface area (Å²) in [5.74, 6) is 2.74. The molecule has 0 bridgehead atoms. The maximum absolute atomic E-state index is 4.53. The second-order valence-corrected chi connectivity index (χ2v) is 5.04. The van der Waals surface area contributed by atoms with Crippen LogP contribution >= 0.6 is 0 Å². The normalized spacial score (nSPS) is 25.9. The van der Waals surface area contributed by atoms with Crippen molar-refractivity contribution < 1.29 is 0 Å². The van der Waals surface area contributed by atoms with Crippen LogP contribution in [0.15, 0.2) is 6.20 Å². The highest BCUT2D eigenvalue weighted by molar-refractivity contribution is 5.06. The van der Waals surface area contributed by atoms with Gasteiger partial charge in [0.05, 0.1) is 0 Å². The Balaban J connectivity index is 1.95. The zero-order valence-electron chi connectivity index (χ0n) is 10.4. The predicted octanol–water partition coefficient (Wildman–Crippen LogP) is 2.81. The first-order valence-electron chi connectivity index (χ1n) is 6.54. The van der Waals surface area contributed by atoms with Gasteiger partial charge in [-0.25, -0.2) is 4.98 Å². The molecular formula is C13H23N3. The fourth-order valence-corrected chi connectivity index (χ4v) is 2.62. The first-order chi connectivity index (χ1) is 7.79. The van der Waals surface area contributed by atoms with Gasteiger partial charge in [-0.2, -0.15) is 0 Å². The highest BCUT2D eigenvalue weighted by atomic mass is 15.0. The summed E-state index contributed by atoms with van der Waals surface area (Å²) in [6, 6.07) is 0. The third-order valence-corrected chi connectivity index (χ3v) is 3.54. The Labute approximate surface area is 98.1 Å². The molecule has 1 aliphatic rings. The number of nitrogens with one attached hydrogen (secondary N) is 2. The van der Waals surface area contributed by atoms with Crippen LogP contribution < -0.4 is 5.32 Å². The standard InChI is InChI=1S/C13H23N3/c1-3-14-8-12-9-15-13(16-12)11-6-4-5-10(2)7-11/h9-11,14H,3-8H2,1-2H3,(H,15,16). The number of aromatic nitrogens is 2. The minimum absolute atomic E-state index is 0.666. The Morgan fingerprint density at radius 3 is 3.12 bits per heavy atom. The maximum Gasteiger partial charge on any atom is 0.109 e. The van der Waals surface area contributed by atoms with Gasteiger partial charge < -0.3 is 10.3 Å². The molecule has 16 heavy (non-hydrogen) atoms. The van der Waals surface area contributed by atoms with Crippen molar-refractivity contribution in [2.75, 3.05) is 6.54 Å². The Morgan fingerprint density at radius 2 is 2.38 bits per heavy atom. The van der Waals surface area contributed by atoms with E-state index in [1.165, 1.54) is 37.2 Å². The number of nitrogens with zero attached hydrogens (tertiary/aromatic N) is 1. The van der Waals surface area contributed by atoms with Crippen molar-refractivity contribution in [3.63, 3.8) is 0 Å². The summed E-state index contributed by atoms with van der Waals surface area (Å²) in [6.45, 7) is 6.40. The van der Waals surface area contributed by atoms with Crippen LogP contribution in [0, 0.1) is 5.92 Å². The molecule has 0 saturated heterocycles. The molecule has 0 aliphatic heterocycles. The van der Waals surface area contributed by atoms with Gasteiger partial charge in [-0.3, -0.25) is 0 Å². The van der Waals surface area contributed by atoms with Crippen molar-refractivity contribution in [1.29, 1.82) is 0 Å². The third-order valence-electron chi connectivity index (χ3n) is 3.54. The van der Waals surface area contributed by atoms with E-state index in [9.17, 15) is 0 Å². The van der Waals surface area contributed by atoms with E-state index in [2.05, 4.69) is 29.1 Å². The summed E-state index contributed by atoms with van der Waals surface area (Å²) in [6.07, 6.45) is 7.33. The van der Waals surface area contributed by atoms with Crippen LogP contribution in [-0.2, 0) is 6.54 Å². The molecule has 1 aromatic heterocycles. The summed E-state index contributed by atoms with van der Waals surface area (Å²) >= 11 is 0. The smallest absolute Gasteiger partial charge is 0.109 e. The van der Waals surface area contributed by atoms with Crippen molar-refractivity contribution in [3.05, 3.63) is 17.7 Å². The van der Waals surface area contributed by atoms with Crippen molar-refractivity contribution in [2.45, 2.75) is 52.0 Å². The molecule has 0 radical (unpaired) electrons. The van der Waals surface area contributed by atoms with Crippen LogP contribution in [0.3, 0.4) is 0 Å². The maximum atomic E-state index is 4.53. The Bertz CT molecular complexity index is 319. The lowest BCUT2D eigenvalue weighted by atomic mass is 9.82. The average molecular weight is 221 g/mol. The molecule has 2 N–H and O–H groups in total. The lowest BCUT2D eigenvalue weighted by Crippen LogP contribution is -2.14. The number of hydrogen-bond acceptors (Lipinski definition) is 2. The topological polar surface area (TPSA) is 40.7 Å². The third kappa shape index (κ3) is 2.85. The average Bonchev–Trinajstić information content (AvgIpc) is 2.75. The minimum atomic E-state index is 0.666. The van der Waals surface area contributed by atoms with E-state index in [1.807, 2.05) is 6.20 Å². The molecule has 1 saturated carbocycles. The van der Waals surface area contributed by atoms with Crippen molar-refractivity contribution in [1.82, 2.24) is 15.3 Å². The number of imidazole rings is 1. The second kappa shape index (κ2) is 5.48. The lowest BCUT2D eigenvalue weighted by molar-refractivity contribution is 0.336. The molecule has 90 valence electrons. The molecule has 1 heterocycles. The number of H-pyrrole nitrogens is 1. The highest BCUT2D eigenvalue weighted by Gasteiger charge is 2.22. The summed E-state index contributed by atoms with van der Waals surface area (Å²) in [7, 11) is 0. The summed E-state index contributed by atoms with van der Waals surface area (Å²) in [4.78, 5) is 8.00. The number of aromatic amines is 1. The molecule has 3 heteroatoms. The molecular weight excluding hydrogens is 198 g/mol. The molecule has 0 amide bonds. The van der Waals surface area contributed by atoms with Gasteiger partial charge in [0.1, 0.15) is 5.82 Å². The molecule has 1 aromatic rings. The quantitative estimate of drug-likeness (QED) is 0.821. The first-order valence-corrected chi connectivity index (χ1v) is 6.54. The summed E-state index contributed by atoms with van der Waals surface area (Å²) < 4.78 is 0. The minimum Gasteiger partial charge on any atom is -0.345 e. The van der Waals surface area contributed by atoms with Gasteiger partial charge in [-0.15, -0.1) is 0 Å². The lowest BCUT2D eigenvalue weighted by Gasteiger charge is -2.25. The number of hydrogen-bond donors (Lipinski definition) is 2. The van der Waals surface area contributed by atoms with Gasteiger partial charge in [0.25, 0.3) is 0 Å². The fourth-order valence-electron chi connectivity index (χ4n) is 2.62. The molecule has 1 fully saturated rings. The largest absolute Gasteiger partial charge is 0.345 e. The van der Waals surface area contributed by atoms with E-state index in [-0.39, 0.29) is 0 Å². The SMILES string of the molecule is CCNCc1cnc(C2CCCC(C)C2)[nH]1. The van der Waals surface area contributed by atoms with Gasteiger partial charge in [-0.1, -0.05) is 26.7 Å². The van der Waals surface area contributed by atoms with Crippen molar-refractivity contribution >= 4 is 0 Å². The highest BCUT2D eigenvalue weighted by Crippen LogP contribution is 2.34. The van der Waals surface area contributed by atoms with Gasteiger partial charge >= 0.3 is 0 Å². The van der Waals surface area contributed by atoms with E-state index in [0.29, 0.717) is 5.92 Å². The molecule has 3 nitrogen and oxygen atoms in total. The van der Waals surface area contributed by atoms with E-state index in [1.54, 1.807) is 0 Å². The Morgan fingerprint density at radius 1 is 1.50 bits per heavy atom. The summed E-state index contributed by atoms with van der Waals surface area (Å²) in [5, 5.41) is 3.32. The van der Waals surface area contributed by atoms with Crippen LogP contribution in [0.4, 0.5) is 0 Å². The Hall–Kier alpha value is -0.830. The molecule has 0 spiro atoms.